The van der Waals surface area contributed by atoms with Crippen molar-refractivity contribution < 1.29 is 29.9 Å². The van der Waals surface area contributed by atoms with Gasteiger partial charge in [-0.25, -0.2) is 0 Å². The van der Waals surface area contributed by atoms with Gasteiger partial charge in [-0.3, -0.25) is 0 Å². The molecule has 6 nitrogen and oxygen atoms in total. The molecule has 0 aromatic heterocycles. The number of rotatable bonds is 3. The van der Waals surface area contributed by atoms with Crippen LogP contribution in [0, 0.1) is 0 Å². The summed E-state index contributed by atoms with van der Waals surface area (Å²) in [5.74, 6) is -2.10. The molecule has 1 aliphatic rings. The molecule has 0 unspecified atom stereocenters. The third kappa shape index (κ3) is 2.22. The fraction of sp³-hybridized carbons (Fsp3) is 1.00. The molecule has 0 saturated carbocycles. The van der Waals surface area contributed by atoms with Crippen LogP contribution in [0.15, 0.2) is 0 Å². The van der Waals surface area contributed by atoms with E-state index in [9.17, 15) is 15.3 Å². The van der Waals surface area contributed by atoms with E-state index in [4.69, 9.17) is 14.6 Å². The van der Waals surface area contributed by atoms with Crippen molar-refractivity contribution in [1.29, 1.82) is 0 Å². The lowest BCUT2D eigenvalue weighted by Gasteiger charge is -2.41. The lowest BCUT2D eigenvalue weighted by Crippen LogP contribution is -2.60. The Morgan fingerprint density at radius 1 is 1.50 bits per heavy atom. The van der Waals surface area contributed by atoms with Crippen LogP contribution in [0.2, 0.25) is 0 Å². The first kappa shape index (κ1) is 11.8. The van der Waals surface area contributed by atoms with Gasteiger partial charge < -0.3 is 29.9 Å². The van der Waals surface area contributed by atoms with Gasteiger partial charge in [0.25, 0.3) is 0 Å². The molecule has 1 aliphatic heterocycles. The molecular formula is C8H16O6. The maximum absolute atomic E-state index is 9.58. The Balaban J connectivity index is 2.66. The quantitative estimate of drug-likeness (QED) is 0.421. The highest BCUT2D eigenvalue weighted by molar-refractivity contribution is 4.90. The molecule has 1 rings (SSSR count). The molecule has 0 amide bonds. The van der Waals surface area contributed by atoms with Crippen molar-refractivity contribution in [3.8, 4) is 0 Å². The van der Waals surface area contributed by atoms with E-state index in [0.29, 0.717) is 0 Å². The van der Waals surface area contributed by atoms with Gasteiger partial charge in [0.2, 0.25) is 5.79 Å². The number of ether oxygens (including phenoxy) is 2. The average molecular weight is 208 g/mol. The van der Waals surface area contributed by atoms with Crippen molar-refractivity contribution in [2.75, 3.05) is 20.3 Å². The second-order valence-corrected chi connectivity index (χ2v) is 3.45. The smallest absolute Gasteiger partial charge is 0.218 e. The summed E-state index contributed by atoms with van der Waals surface area (Å²) < 4.78 is 9.81. The SMILES string of the molecule is COC[C@H]1C[C@@H](O)[C@H](O)[C@@](O)(CO)O1. The van der Waals surface area contributed by atoms with Gasteiger partial charge in [-0.2, -0.15) is 0 Å². The van der Waals surface area contributed by atoms with Crippen LogP contribution < -0.4 is 0 Å². The zero-order valence-electron chi connectivity index (χ0n) is 7.96. The number of hydrogen-bond acceptors (Lipinski definition) is 6. The summed E-state index contributed by atoms with van der Waals surface area (Å²) >= 11 is 0. The first-order valence-electron chi connectivity index (χ1n) is 4.39. The average Bonchev–Trinajstić information content (AvgIpc) is 2.15. The molecule has 84 valence electrons. The molecule has 1 saturated heterocycles. The first-order valence-corrected chi connectivity index (χ1v) is 4.39. The fourth-order valence-electron chi connectivity index (χ4n) is 1.52. The van der Waals surface area contributed by atoms with E-state index in [1.54, 1.807) is 0 Å². The van der Waals surface area contributed by atoms with E-state index in [1.165, 1.54) is 7.11 Å². The van der Waals surface area contributed by atoms with Gasteiger partial charge >= 0.3 is 0 Å². The largest absolute Gasteiger partial charge is 0.391 e. The van der Waals surface area contributed by atoms with E-state index >= 15 is 0 Å². The van der Waals surface area contributed by atoms with Crippen molar-refractivity contribution in [3.05, 3.63) is 0 Å². The number of aliphatic hydroxyl groups excluding tert-OH is 3. The Hall–Kier alpha value is -0.240. The summed E-state index contributed by atoms with van der Waals surface area (Å²) in [4.78, 5) is 0. The number of aliphatic hydroxyl groups is 4. The minimum absolute atomic E-state index is 0.164. The number of hydrogen-bond donors (Lipinski definition) is 4. The van der Waals surface area contributed by atoms with Crippen LogP contribution in [0.1, 0.15) is 6.42 Å². The van der Waals surface area contributed by atoms with E-state index in [2.05, 4.69) is 0 Å². The van der Waals surface area contributed by atoms with Gasteiger partial charge in [0.15, 0.2) is 0 Å². The summed E-state index contributed by atoms with van der Waals surface area (Å²) in [6, 6.07) is 0. The van der Waals surface area contributed by atoms with Gasteiger partial charge in [-0.1, -0.05) is 0 Å². The number of methoxy groups -OCH3 is 1. The highest BCUT2D eigenvalue weighted by Crippen LogP contribution is 2.27. The Bertz CT molecular complexity index is 187. The van der Waals surface area contributed by atoms with E-state index < -0.39 is 30.7 Å². The molecule has 14 heavy (non-hydrogen) atoms. The molecule has 0 bridgehead atoms. The van der Waals surface area contributed by atoms with Crippen molar-refractivity contribution in [2.45, 2.75) is 30.5 Å². The summed E-state index contributed by atoms with van der Waals surface area (Å²) in [5.41, 5.74) is 0. The summed E-state index contributed by atoms with van der Waals surface area (Å²) in [7, 11) is 1.46. The van der Waals surface area contributed by atoms with Crippen molar-refractivity contribution in [3.63, 3.8) is 0 Å². The van der Waals surface area contributed by atoms with Gasteiger partial charge in [0.05, 0.1) is 25.4 Å². The summed E-state index contributed by atoms with van der Waals surface area (Å²) in [6.07, 6.45) is -2.99. The molecule has 4 N–H and O–H groups in total. The van der Waals surface area contributed by atoms with Crippen molar-refractivity contribution in [2.24, 2.45) is 0 Å². The van der Waals surface area contributed by atoms with Crippen LogP contribution in [-0.2, 0) is 9.47 Å². The van der Waals surface area contributed by atoms with Crippen LogP contribution in [-0.4, -0.2) is 64.8 Å². The molecule has 1 fully saturated rings. The normalized spacial score (nSPS) is 43.9. The third-order valence-corrected chi connectivity index (χ3v) is 2.28. The predicted molar refractivity (Wildman–Crippen MR) is 45.4 cm³/mol. The minimum Gasteiger partial charge on any atom is -0.391 e. The topological polar surface area (TPSA) is 99.4 Å². The maximum Gasteiger partial charge on any atom is 0.218 e. The lowest BCUT2D eigenvalue weighted by atomic mass is 9.96. The molecule has 0 aromatic rings. The van der Waals surface area contributed by atoms with Crippen molar-refractivity contribution >= 4 is 0 Å². The van der Waals surface area contributed by atoms with E-state index in [0.717, 1.165) is 0 Å². The van der Waals surface area contributed by atoms with E-state index in [-0.39, 0.29) is 13.0 Å². The second-order valence-electron chi connectivity index (χ2n) is 3.45. The fourth-order valence-corrected chi connectivity index (χ4v) is 1.52. The molecule has 0 radical (unpaired) electrons. The molecule has 4 atom stereocenters. The standard InChI is InChI=1S/C8H16O6/c1-13-3-5-2-6(10)7(11)8(12,4-9)14-5/h5-7,9-12H,2-4H2,1H3/t5-,6-,7+,8-/m1/s1. The monoisotopic (exact) mass is 208 g/mol. The predicted octanol–water partition coefficient (Wildman–Crippen LogP) is -2.18. The van der Waals surface area contributed by atoms with Crippen LogP contribution in [0.3, 0.4) is 0 Å². The van der Waals surface area contributed by atoms with E-state index in [1.807, 2.05) is 0 Å². The summed E-state index contributed by atoms with van der Waals surface area (Å²) in [5, 5.41) is 37.2. The van der Waals surface area contributed by atoms with Crippen molar-refractivity contribution in [1.82, 2.24) is 0 Å². The van der Waals surface area contributed by atoms with Crippen LogP contribution in [0.4, 0.5) is 0 Å². The van der Waals surface area contributed by atoms with Crippen LogP contribution in [0.25, 0.3) is 0 Å². The van der Waals surface area contributed by atoms with Gasteiger partial charge in [-0.05, 0) is 0 Å². The van der Waals surface area contributed by atoms with Crippen LogP contribution in [0.5, 0.6) is 0 Å². The first-order chi connectivity index (χ1) is 6.53. The lowest BCUT2D eigenvalue weighted by molar-refractivity contribution is -0.336. The zero-order valence-corrected chi connectivity index (χ0v) is 7.96. The highest BCUT2D eigenvalue weighted by Gasteiger charge is 2.47. The Labute approximate surface area is 81.7 Å². The van der Waals surface area contributed by atoms with Gasteiger partial charge in [0, 0.05) is 13.5 Å². The Morgan fingerprint density at radius 2 is 2.14 bits per heavy atom. The van der Waals surface area contributed by atoms with Gasteiger partial charge in [-0.15, -0.1) is 0 Å². The molecule has 0 spiro atoms. The summed E-state index contributed by atoms with van der Waals surface area (Å²) in [6.45, 7) is -0.586. The third-order valence-electron chi connectivity index (χ3n) is 2.28. The van der Waals surface area contributed by atoms with Gasteiger partial charge in [0.1, 0.15) is 6.10 Å². The Kier molecular flexibility index (Phi) is 3.82. The molecule has 6 heteroatoms. The maximum atomic E-state index is 9.58. The molecule has 0 aromatic carbocycles. The molecule has 1 heterocycles. The molecular weight excluding hydrogens is 192 g/mol. The zero-order chi connectivity index (χ0) is 10.8. The Morgan fingerprint density at radius 3 is 2.64 bits per heavy atom. The molecule has 0 aliphatic carbocycles. The minimum atomic E-state index is -2.10. The second kappa shape index (κ2) is 4.52. The van der Waals surface area contributed by atoms with Crippen LogP contribution >= 0.6 is 0 Å². The highest BCUT2D eigenvalue weighted by atomic mass is 16.7.